The summed E-state index contributed by atoms with van der Waals surface area (Å²) in [5.74, 6) is -0.222. The van der Waals surface area contributed by atoms with E-state index in [0.717, 1.165) is 30.6 Å². The van der Waals surface area contributed by atoms with E-state index in [-0.39, 0.29) is 6.04 Å². The van der Waals surface area contributed by atoms with Gasteiger partial charge in [-0.1, -0.05) is 30.3 Å². The number of piperidine rings is 3. The second-order valence-corrected chi connectivity index (χ2v) is 6.79. The lowest BCUT2D eigenvalue weighted by molar-refractivity contribution is -0.130. The van der Waals surface area contributed by atoms with Gasteiger partial charge in [-0.05, 0) is 49.9 Å². The van der Waals surface area contributed by atoms with Crippen molar-refractivity contribution in [2.24, 2.45) is 5.92 Å². The van der Waals surface area contributed by atoms with Crippen LogP contribution in [0.15, 0.2) is 48.9 Å². The van der Waals surface area contributed by atoms with Crippen molar-refractivity contribution in [3.8, 4) is 0 Å². The molecule has 128 valence electrons. The standard InChI is InChI=1S/C20H21N3O2/c24-20(25)18(15-4-2-1-3-5-15)19(16-6-9-21-13-22-16)17-12-14-7-10-23(17)11-8-14/h1-6,9,13-14,17H,7-8,10-12H2,(H,24,25)/b19-18+. The second-order valence-electron chi connectivity index (χ2n) is 6.79. The fourth-order valence-corrected chi connectivity index (χ4v) is 4.18. The topological polar surface area (TPSA) is 66.3 Å². The minimum atomic E-state index is -0.901. The lowest BCUT2D eigenvalue weighted by atomic mass is 9.78. The van der Waals surface area contributed by atoms with Crippen LogP contribution in [0.25, 0.3) is 11.1 Å². The molecule has 3 aliphatic heterocycles. The molecule has 0 spiro atoms. The van der Waals surface area contributed by atoms with E-state index in [9.17, 15) is 9.90 Å². The van der Waals surface area contributed by atoms with E-state index in [4.69, 9.17) is 0 Å². The minimum Gasteiger partial charge on any atom is -0.478 e. The van der Waals surface area contributed by atoms with Crippen molar-refractivity contribution in [1.82, 2.24) is 14.9 Å². The average Bonchev–Trinajstić information content (AvgIpc) is 2.68. The Kier molecular flexibility index (Phi) is 4.32. The van der Waals surface area contributed by atoms with E-state index in [1.165, 1.54) is 19.2 Å². The van der Waals surface area contributed by atoms with Crippen molar-refractivity contribution in [2.45, 2.75) is 25.3 Å². The fraction of sp³-hybridized carbons (Fsp3) is 0.350. The number of hydrogen-bond acceptors (Lipinski definition) is 4. The van der Waals surface area contributed by atoms with Crippen molar-refractivity contribution in [2.75, 3.05) is 13.1 Å². The molecule has 2 aromatic rings. The van der Waals surface area contributed by atoms with Gasteiger partial charge in [0.25, 0.3) is 0 Å². The molecule has 1 aromatic heterocycles. The molecule has 3 saturated heterocycles. The van der Waals surface area contributed by atoms with Gasteiger partial charge in [0.15, 0.2) is 0 Å². The predicted molar refractivity (Wildman–Crippen MR) is 95.6 cm³/mol. The Balaban J connectivity index is 1.91. The molecule has 1 atom stereocenters. The number of hydrogen-bond donors (Lipinski definition) is 1. The highest BCUT2D eigenvalue weighted by molar-refractivity contribution is 6.24. The molecule has 0 amide bonds. The van der Waals surface area contributed by atoms with Crippen molar-refractivity contribution < 1.29 is 9.90 Å². The van der Waals surface area contributed by atoms with Crippen molar-refractivity contribution in [3.63, 3.8) is 0 Å². The smallest absolute Gasteiger partial charge is 0.336 e. The van der Waals surface area contributed by atoms with Crippen LogP contribution < -0.4 is 0 Å². The third-order valence-corrected chi connectivity index (χ3v) is 5.38. The van der Waals surface area contributed by atoms with E-state index in [0.29, 0.717) is 17.2 Å². The summed E-state index contributed by atoms with van der Waals surface area (Å²) in [6.07, 6.45) is 6.60. The third kappa shape index (κ3) is 3.07. The maximum atomic E-state index is 12.2. The van der Waals surface area contributed by atoms with Crippen LogP contribution in [0.2, 0.25) is 0 Å². The molecule has 5 nitrogen and oxygen atoms in total. The van der Waals surface area contributed by atoms with Crippen LogP contribution in [0.5, 0.6) is 0 Å². The summed E-state index contributed by atoms with van der Waals surface area (Å²) in [7, 11) is 0. The van der Waals surface area contributed by atoms with E-state index in [1.54, 1.807) is 6.20 Å². The Morgan fingerprint density at radius 2 is 1.88 bits per heavy atom. The number of fused-ring (bicyclic) bond motifs is 3. The quantitative estimate of drug-likeness (QED) is 0.870. The molecule has 25 heavy (non-hydrogen) atoms. The monoisotopic (exact) mass is 335 g/mol. The Bertz CT molecular complexity index is 781. The number of benzene rings is 1. The summed E-state index contributed by atoms with van der Waals surface area (Å²) in [5, 5.41) is 10.0. The summed E-state index contributed by atoms with van der Waals surface area (Å²) in [6.45, 7) is 2.07. The van der Waals surface area contributed by atoms with E-state index in [2.05, 4.69) is 14.9 Å². The minimum absolute atomic E-state index is 0.105. The van der Waals surface area contributed by atoms with Gasteiger partial charge >= 0.3 is 5.97 Å². The Hall–Kier alpha value is -2.53. The highest BCUT2D eigenvalue weighted by Gasteiger charge is 2.38. The molecule has 1 unspecified atom stereocenters. The molecule has 3 fully saturated rings. The molecule has 5 rings (SSSR count). The van der Waals surface area contributed by atoms with Crippen molar-refractivity contribution in [1.29, 1.82) is 0 Å². The zero-order valence-electron chi connectivity index (χ0n) is 14.0. The van der Waals surface area contributed by atoms with Gasteiger partial charge in [-0.2, -0.15) is 0 Å². The molecule has 0 aliphatic carbocycles. The molecule has 4 heterocycles. The molecule has 0 radical (unpaired) electrons. The van der Waals surface area contributed by atoms with Crippen LogP contribution >= 0.6 is 0 Å². The van der Waals surface area contributed by atoms with Crippen LogP contribution in [-0.2, 0) is 4.79 Å². The van der Waals surface area contributed by atoms with E-state index < -0.39 is 5.97 Å². The summed E-state index contributed by atoms with van der Waals surface area (Å²) in [5.41, 5.74) is 2.63. The maximum absolute atomic E-state index is 12.2. The number of aliphatic carboxylic acids is 1. The highest BCUT2D eigenvalue weighted by atomic mass is 16.4. The zero-order valence-corrected chi connectivity index (χ0v) is 14.0. The number of rotatable bonds is 4. The normalized spacial score (nSPS) is 26.2. The molecular formula is C20H21N3O2. The van der Waals surface area contributed by atoms with E-state index >= 15 is 0 Å². The first-order valence-electron chi connectivity index (χ1n) is 8.77. The second kappa shape index (κ2) is 6.76. The molecular weight excluding hydrogens is 314 g/mol. The van der Waals surface area contributed by atoms with Crippen molar-refractivity contribution in [3.05, 3.63) is 60.2 Å². The lowest BCUT2D eigenvalue weighted by Gasteiger charge is -2.46. The molecule has 1 aromatic carbocycles. The van der Waals surface area contributed by atoms with Crippen LogP contribution in [0.3, 0.4) is 0 Å². The number of nitrogens with zero attached hydrogens (tertiary/aromatic N) is 3. The summed E-state index contributed by atoms with van der Waals surface area (Å²) in [4.78, 5) is 23.1. The molecule has 5 heteroatoms. The number of aromatic nitrogens is 2. The van der Waals surface area contributed by atoms with Gasteiger partial charge in [-0.3, -0.25) is 4.90 Å². The molecule has 1 N–H and O–H groups in total. The van der Waals surface area contributed by atoms with Gasteiger partial charge in [0.05, 0.1) is 11.3 Å². The SMILES string of the molecule is O=C(O)/C(=C(\c1ccncn1)C1CC2CCN1CC2)c1ccccc1. The molecule has 2 bridgehead atoms. The third-order valence-electron chi connectivity index (χ3n) is 5.38. The van der Waals surface area contributed by atoms with E-state index in [1.807, 2.05) is 36.4 Å². The van der Waals surface area contributed by atoms with Gasteiger partial charge in [0.2, 0.25) is 0 Å². The van der Waals surface area contributed by atoms with Gasteiger partial charge < -0.3 is 5.11 Å². The first-order chi connectivity index (χ1) is 12.2. The van der Waals surface area contributed by atoms with Crippen LogP contribution in [0.4, 0.5) is 0 Å². The number of carboxylic acids is 1. The van der Waals surface area contributed by atoms with Crippen LogP contribution in [0, 0.1) is 5.92 Å². The average molecular weight is 335 g/mol. The maximum Gasteiger partial charge on any atom is 0.336 e. The van der Waals surface area contributed by atoms with Crippen LogP contribution in [-0.4, -0.2) is 45.1 Å². The Morgan fingerprint density at radius 3 is 2.44 bits per heavy atom. The van der Waals surface area contributed by atoms with Gasteiger partial charge in [0, 0.05) is 17.8 Å². The summed E-state index contributed by atoms with van der Waals surface area (Å²) >= 11 is 0. The van der Waals surface area contributed by atoms with Gasteiger partial charge in [0.1, 0.15) is 6.33 Å². The highest BCUT2D eigenvalue weighted by Crippen LogP contribution is 2.40. The number of carboxylic acid groups (broad SMARTS) is 1. The first kappa shape index (κ1) is 16.0. The van der Waals surface area contributed by atoms with Crippen molar-refractivity contribution >= 4 is 17.1 Å². The molecule has 0 saturated carbocycles. The predicted octanol–water partition coefficient (Wildman–Crippen LogP) is 2.96. The summed E-state index contributed by atoms with van der Waals surface area (Å²) < 4.78 is 0. The fourth-order valence-electron chi connectivity index (χ4n) is 4.18. The van der Waals surface area contributed by atoms with Gasteiger partial charge in [-0.25, -0.2) is 14.8 Å². The largest absolute Gasteiger partial charge is 0.478 e. The summed E-state index contributed by atoms with van der Waals surface area (Å²) in [6, 6.07) is 11.3. The Labute approximate surface area is 147 Å². The van der Waals surface area contributed by atoms with Gasteiger partial charge in [-0.15, -0.1) is 0 Å². The zero-order chi connectivity index (χ0) is 17.2. The lowest BCUT2D eigenvalue weighted by Crippen LogP contribution is -2.49. The van der Waals surface area contributed by atoms with Crippen LogP contribution in [0.1, 0.15) is 30.5 Å². The number of carbonyl (C=O) groups is 1. The first-order valence-corrected chi connectivity index (χ1v) is 8.77. The Morgan fingerprint density at radius 1 is 1.12 bits per heavy atom. The molecule has 3 aliphatic rings.